The molecule has 32 heavy (non-hydrogen) atoms. The van der Waals surface area contributed by atoms with E-state index in [-0.39, 0.29) is 29.8 Å². The van der Waals surface area contributed by atoms with E-state index in [9.17, 15) is 4.39 Å². The van der Waals surface area contributed by atoms with E-state index < -0.39 is 0 Å². The lowest BCUT2D eigenvalue weighted by Crippen LogP contribution is -2.39. The minimum absolute atomic E-state index is 0. The number of fused-ring (bicyclic) bond motifs is 1. The van der Waals surface area contributed by atoms with Crippen LogP contribution in [0.4, 0.5) is 4.39 Å². The van der Waals surface area contributed by atoms with Crippen LogP contribution < -0.4 is 10.6 Å². The number of hydrogen-bond donors (Lipinski definition) is 3. The van der Waals surface area contributed by atoms with E-state index in [1.165, 1.54) is 11.6 Å². The lowest BCUT2D eigenvalue weighted by molar-refractivity contribution is 0.572. The lowest BCUT2D eigenvalue weighted by Gasteiger charge is -2.11. The largest absolute Gasteiger partial charge is 0.444 e. The number of H-pyrrole nitrogens is 1. The van der Waals surface area contributed by atoms with Crippen LogP contribution in [0.25, 0.3) is 22.4 Å². The van der Waals surface area contributed by atoms with Crippen molar-refractivity contribution in [3.05, 3.63) is 77.6 Å². The number of aryl methyl sites for hydroxylation is 1. The van der Waals surface area contributed by atoms with Gasteiger partial charge in [0, 0.05) is 49.2 Å². The van der Waals surface area contributed by atoms with Gasteiger partial charge in [-0.3, -0.25) is 4.99 Å². The van der Waals surface area contributed by atoms with Gasteiger partial charge in [-0.1, -0.05) is 17.7 Å². The second-order valence-corrected chi connectivity index (χ2v) is 7.44. The van der Waals surface area contributed by atoms with Crippen molar-refractivity contribution in [2.75, 3.05) is 20.1 Å². The summed E-state index contributed by atoms with van der Waals surface area (Å²) >= 11 is 0. The molecule has 8 heteroatoms. The maximum Gasteiger partial charge on any atom is 0.226 e. The van der Waals surface area contributed by atoms with E-state index in [0.29, 0.717) is 24.9 Å². The fourth-order valence-electron chi connectivity index (χ4n) is 3.45. The smallest absolute Gasteiger partial charge is 0.226 e. The predicted octanol–water partition coefficient (Wildman–Crippen LogP) is 4.84. The summed E-state index contributed by atoms with van der Waals surface area (Å²) in [5.41, 5.74) is 5.08. The maximum absolute atomic E-state index is 13.5. The van der Waals surface area contributed by atoms with Crippen molar-refractivity contribution in [1.29, 1.82) is 0 Å². The zero-order chi connectivity index (χ0) is 21.6. The SMILES string of the molecule is CN=C(NCCc1coc(-c2ccc(C)cc2)n1)NCCc1c[nH]c2ccc(F)cc12.I. The van der Waals surface area contributed by atoms with Crippen molar-refractivity contribution in [1.82, 2.24) is 20.6 Å². The zero-order valence-electron chi connectivity index (χ0n) is 18.1. The highest BCUT2D eigenvalue weighted by Gasteiger charge is 2.08. The highest BCUT2D eigenvalue weighted by Crippen LogP contribution is 2.20. The number of oxazole rings is 1. The molecule has 0 saturated carbocycles. The number of rotatable bonds is 7. The topological polar surface area (TPSA) is 78.2 Å². The minimum Gasteiger partial charge on any atom is -0.444 e. The Balaban J connectivity index is 0.00000289. The Labute approximate surface area is 203 Å². The summed E-state index contributed by atoms with van der Waals surface area (Å²) in [6, 6.07) is 12.9. The van der Waals surface area contributed by atoms with E-state index in [2.05, 4.69) is 32.5 Å². The van der Waals surface area contributed by atoms with E-state index in [1.54, 1.807) is 25.4 Å². The van der Waals surface area contributed by atoms with Crippen LogP contribution in [0.15, 0.2) is 64.3 Å². The van der Waals surface area contributed by atoms with Crippen LogP contribution in [0.2, 0.25) is 0 Å². The molecule has 168 valence electrons. The van der Waals surface area contributed by atoms with Gasteiger partial charge >= 0.3 is 0 Å². The fraction of sp³-hybridized carbons (Fsp3) is 0.250. The monoisotopic (exact) mass is 547 g/mol. The first-order valence-corrected chi connectivity index (χ1v) is 10.3. The number of nitrogens with zero attached hydrogens (tertiary/aromatic N) is 2. The van der Waals surface area contributed by atoms with Crippen LogP contribution in [0.5, 0.6) is 0 Å². The van der Waals surface area contributed by atoms with Crippen molar-refractivity contribution < 1.29 is 8.81 Å². The van der Waals surface area contributed by atoms with Crippen molar-refractivity contribution >= 4 is 40.8 Å². The number of aliphatic imine (C=N–C) groups is 1. The molecule has 2 aromatic carbocycles. The third kappa shape index (κ3) is 5.87. The summed E-state index contributed by atoms with van der Waals surface area (Å²) in [6.07, 6.45) is 5.10. The van der Waals surface area contributed by atoms with Crippen LogP contribution in [0.1, 0.15) is 16.8 Å². The molecule has 0 bridgehead atoms. The Morgan fingerprint density at radius 1 is 1.09 bits per heavy atom. The number of guanidine groups is 1. The van der Waals surface area contributed by atoms with E-state index in [1.807, 2.05) is 30.5 Å². The number of nitrogens with one attached hydrogen (secondary N) is 3. The molecule has 0 saturated heterocycles. The second kappa shape index (κ2) is 11.1. The molecule has 0 aliphatic heterocycles. The van der Waals surface area contributed by atoms with Gasteiger partial charge in [-0.15, -0.1) is 24.0 Å². The first-order chi connectivity index (χ1) is 15.1. The summed E-state index contributed by atoms with van der Waals surface area (Å²) in [5, 5.41) is 7.50. The minimum atomic E-state index is -0.225. The first-order valence-electron chi connectivity index (χ1n) is 10.3. The van der Waals surface area contributed by atoms with Crippen LogP contribution in [0.3, 0.4) is 0 Å². The number of benzene rings is 2. The van der Waals surface area contributed by atoms with Gasteiger partial charge in [-0.25, -0.2) is 9.37 Å². The van der Waals surface area contributed by atoms with Gasteiger partial charge in [0.25, 0.3) is 0 Å². The number of aromatic nitrogens is 2. The molecule has 6 nitrogen and oxygen atoms in total. The molecule has 0 amide bonds. The molecule has 3 N–H and O–H groups in total. The first kappa shape index (κ1) is 23.8. The van der Waals surface area contributed by atoms with E-state index in [4.69, 9.17) is 4.42 Å². The average Bonchev–Trinajstić information content (AvgIpc) is 3.40. The maximum atomic E-state index is 13.5. The van der Waals surface area contributed by atoms with Crippen LogP contribution in [-0.4, -0.2) is 36.1 Å². The molecule has 4 rings (SSSR count). The van der Waals surface area contributed by atoms with E-state index >= 15 is 0 Å². The second-order valence-electron chi connectivity index (χ2n) is 7.44. The standard InChI is InChI=1S/C24H26FN5O.HI/c1-16-3-5-17(6-4-16)23-30-20(15-31-23)10-12-28-24(26-2)27-11-9-18-14-29-22-8-7-19(25)13-21(18)22;/h3-8,13-15,29H,9-12H2,1-2H3,(H2,26,27,28);1H. The normalized spacial score (nSPS) is 11.4. The molecular formula is C24H27FIN5O. The molecule has 0 atom stereocenters. The highest BCUT2D eigenvalue weighted by atomic mass is 127. The molecule has 0 fully saturated rings. The van der Waals surface area contributed by atoms with Gasteiger partial charge in [0.05, 0.1) is 5.69 Å². The van der Waals surface area contributed by atoms with Crippen LogP contribution >= 0.6 is 24.0 Å². The summed E-state index contributed by atoms with van der Waals surface area (Å²) in [5.74, 6) is 1.12. The Morgan fingerprint density at radius 3 is 2.59 bits per heavy atom. The fourth-order valence-corrected chi connectivity index (χ4v) is 3.45. The van der Waals surface area contributed by atoms with Crippen molar-refractivity contribution in [2.45, 2.75) is 19.8 Å². The molecule has 0 aliphatic rings. The van der Waals surface area contributed by atoms with Crippen LogP contribution in [-0.2, 0) is 12.8 Å². The molecule has 0 spiro atoms. The average molecular weight is 547 g/mol. The van der Waals surface area contributed by atoms with Crippen molar-refractivity contribution in [2.24, 2.45) is 4.99 Å². The molecular weight excluding hydrogens is 520 g/mol. The molecule has 0 radical (unpaired) electrons. The quantitative estimate of drug-likeness (QED) is 0.176. The lowest BCUT2D eigenvalue weighted by atomic mass is 10.1. The summed E-state index contributed by atoms with van der Waals surface area (Å²) < 4.78 is 19.1. The van der Waals surface area contributed by atoms with Gasteiger partial charge in [0.1, 0.15) is 12.1 Å². The van der Waals surface area contributed by atoms with Crippen LogP contribution in [0, 0.1) is 12.7 Å². The Hall–Kier alpha value is -2.88. The van der Waals surface area contributed by atoms with Gasteiger partial charge in [0.2, 0.25) is 5.89 Å². The zero-order valence-corrected chi connectivity index (χ0v) is 20.4. The van der Waals surface area contributed by atoms with Crippen molar-refractivity contribution in [3.8, 4) is 11.5 Å². The summed E-state index contributed by atoms with van der Waals surface area (Å²) in [7, 11) is 1.74. The number of aromatic amines is 1. The number of hydrogen-bond acceptors (Lipinski definition) is 3. The van der Waals surface area contributed by atoms with Gasteiger partial charge < -0.3 is 20.0 Å². The highest BCUT2D eigenvalue weighted by molar-refractivity contribution is 14.0. The van der Waals surface area contributed by atoms with Gasteiger partial charge in [-0.05, 0) is 49.2 Å². The number of halogens is 2. The molecule has 0 aliphatic carbocycles. The Morgan fingerprint density at radius 2 is 1.84 bits per heavy atom. The Bertz CT molecular complexity index is 1180. The van der Waals surface area contributed by atoms with E-state index in [0.717, 1.165) is 40.6 Å². The third-order valence-electron chi connectivity index (χ3n) is 5.16. The summed E-state index contributed by atoms with van der Waals surface area (Å²) in [4.78, 5) is 12.0. The Kier molecular flexibility index (Phi) is 8.26. The molecule has 2 aromatic heterocycles. The van der Waals surface area contributed by atoms with Gasteiger partial charge in [0.15, 0.2) is 5.96 Å². The molecule has 2 heterocycles. The predicted molar refractivity (Wildman–Crippen MR) is 137 cm³/mol. The molecule has 4 aromatic rings. The van der Waals surface area contributed by atoms with Gasteiger partial charge in [-0.2, -0.15) is 0 Å². The third-order valence-corrected chi connectivity index (χ3v) is 5.16. The molecule has 0 unspecified atom stereocenters. The summed E-state index contributed by atoms with van der Waals surface area (Å²) in [6.45, 7) is 3.42. The van der Waals surface area contributed by atoms with Crippen molar-refractivity contribution in [3.63, 3.8) is 0 Å².